The van der Waals surface area contributed by atoms with Crippen molar-refractivity contribution in [2.24, 2.45) is 0 Å². The molecule has 2 heterocycles. The first-order chi connectivity index (χ1) is 14.2. The van der Waals surface area contributed by atoms with E-state index < -0.39 is 0 Å². The summed E-state index contributed by atoms with van der Waals surface area (Å²) in [7, 11) is 0. The molecular formula is C23H29N5S+2. The van der Waals surface area contributed by atoms with Gasteiger partial charge in [0.05, 0.1) is 0 Å². The molecule has 1 fully saturated rings. The van der Waals surface area contributed by atoms with Crippen molar-refractivity contribution in [1.29, 1.82) is 0 Å². The van der Waals surface area contributed by atoms with E-state index in [0.29, 0.717) is 6.54 Å². The summed E-state index contributed by atoms with van der Waals surface area (Å²) in [6.07, 6.45) is 1.88. The van der Waals surface area contributed by atoms with Gasteiger partial charge in [-0.1, -0.05) is 66.7 Å². The summed E-state index contributed by atoms with van der Waals surface area (Å²) in [5.74, 6) is 0.920. The molecule has 1 aromatic heterocycles. The fourth-order valence-corrected chi connectivity index (χ4v) is 4.29. The zero-order valence-corrected chi connectivity index (χ0v) is 17.6. The van der Waals surface area contributed by atoms with Crippen molar-refractivity contribution in [3.8, 4) is 11.4 Å². The van der Waals surface area contributed by atoms with Gasteiger partial charge in [0.15, 0.2) is 12.5 Å². The highest BCUT2D eigenvalue weighted by atomic mass is 32.1. The average molecular weight is 408 g/mol. The SMILES string of the molecule is C=CCn1c(-c2ccccc2)nn(C[NH+]2CC[NH+](Cc3ccccc3)CC2)c1=S. The molecule has 0 bridgehead atoms. The quantitative estimate of drug-likeness (QED) is 0.456. The highest BCUT2D eigenvalue weighted by Crippen LogP contribution is 2.17. The predicted molar refractivity (Wildman–Crippen MR) is 118 cm³/mol. The number of hydrogen-bond acceptors (Lipinski definition) is 2. The van der Waals surface area contributed by atoms with Crippen LogP contribution in [-0.4, -0.2) is 40.5 Å². The van der Waals surface area contributed by atoms with Crippen molar-refractivity contribution >= 4 is 12.2 Å². The number of quaternary nitrogens is 2. The lowest BCUT2D eigenvalue weighted by atomic mass is 10.2. The van der Waals surface area contributed by atoms with E-state index in [0.717, 1.165) is 42.5 Å². The minimum Gasteiger partial charge on any atom is -0.322 e. The molecule has 0 aliphatic carbocycles. The summed E-state index contributed by atoms with van der Waals surface area (Å²) in [5.41, 5.74) is 2.51. The minimum absolute atomic E-state index is 0.674. The number of rotatable bonds is 7. The maximum absolute atomic E-state index is 5.75. The number of aromatic nitrogens is 3. The summed E-state index contributed by atoms with van der Waals surface area (Å²) >= 11 is 5.75. The molecule has 6 heteroatoms. The van der Waals surface area contributed by atoms with Crippen LogP contribution in [0.5, 0.6) is 0 Å². The summed E-state index contributed by atoms with van der Waals surface area (Å²) in [6.45, 7) is 11.1. The van der Waals surface area contributed by atoms with E-state index in [1.165, 1.54) is 18.7 Å². The molecule has 0 atom stereocenters. The summed E-state index contributed by atoms with van der Waals surface area (Å²) in [6, 6.07) is 21.0. The molecule has 0 unspecified atom stereocenters. The second kappa shape index (κ2) is 9.31. The molecular weight excluding hydrogens is 378 g/mol. The van der Waals surface area contributed by atoms with Crippen molar-refractivity contribution in [2.45, 2.75) is 19.8 Å². The van der Waals surface area contributed by atoms with E-state index in [2.05, 4.69) is 53.6 Å². The standard InChI is InChI=1S/C23H27N5S/c1-2-13-27-22(21-11-7-4-8-12-21)24-28(23(27)29)19-26-16-14-25(15-17-26)18-20-9-5-3-6-10-20/h2-12H,1,13-19H2/p+2. The molecule has 0 amide bonds. The van der Waals surface area contributed by atoms with Gasteiger partial charge in [-0.25, -0.2) is 0 Å². The Morgan fingerprint density at radius 1 is 0.931 bits per heavy atom. The largest absolute Gasteiger partial charge is 0.322 e. The van der Waals surface area contributed by atoms with Gasteiger partial charge in [-0.15, -0.1) is 11.7 Å². The van der Waals surface area contributed by atoms with Crippen molar-refractivity contribution in [2.75, 3.05) is 26.2 Å². The topological polar surface area (TPSA) is 31.6 Å². The zero-order chi connectivity index (χ0) is 20.1. The van der Waals surface area contributed by atoms with Gasteiger partial charge in [-0.3, -0.25) is 4.57 Å². The van der Waals surface area contributed by atoms with Crippen LogP contribution in [0.3, 0.4) is 0 Å². The average Bonchev–Trinajstić information content (AvgIpc) is 3.07. The first-order valence-corrected chi connectivity index (χ1v) is 10.7. The molecule has 150 valence electrons. The van der Waals surface area contributed by atoms with E-state index >= 15 is 0 Å². The highest BCUT2D eigenvalue weighted by molar-refractivity contribution is 7.71. The lowest BCUT2D eigenvalue weighted by Gasteiger charge is -2.29. The minimum atomic E-state index is 0.674. The van der Waals surface area contributed by atoms with Crippen LogP contribution in [0, 0.1) is 4.77 Å². The Kier molecular flexibility index (Phi) is 6.34. The number of hydrogen-bond donors (Lipinski definition) is 2. The Morgan fingerprint density at radius 3 is 2.21 bits per heavy atom. The molecule has 5 nitrogen and oxygen atoms in total. The second-order valence-electron chi connectivity index (χ2n) is 7.69. The van der Waals surface area contributed by atoms with Crippen molar-refractivity contribution < 1.29 is 9.80 Å². The maximum atomic E-state index is 5.75. The van der Waals surface area contributed by atoms with Crippen molar-refractivity contribution in [3.63, 3.8) is 0 Å². The van der Waals surface area contributed by atoms with Crippen LogP contribution in [0.25, 0.3) is 11.4 Å². The van der Waals surface area contributed by atoms with Gasteiger partial charge in [0.1, 0.15) is 32.7 Å². The predicted octanol–water partition coefficient (Wildman–Crippen LogP) is 1.21. The van der Waals surface area contributed by atoms with E-state index in [4.69, 9.17) is 17.3 Å². The number of allylic oxidation sites excluding steroid dienone is 1. The normalized spacial score (nSPS) is 19.2. The van der Waals surface area contributed by atoms with Crippen LogP contribution in [0.15, 0.2) is 73.3 Å². The number of nitrogens with one attached hydrogen (secondary N) is 2. The van der Waals surface area contributed by atoms with Crippen LogP contribution in [0.2, 0.25) is 0 Å². The van der Waals surface area contributed by atoms with Crippen LogP contribution in [-0.2, 0) is 19.8 Å². The molecule has 0 radical (unpaired) electrons. The van der Waals surface area contributed by atoms with Crippen LogP contribution < -0.4 is 9.80 Å². The second-order valence-corrected chi connectivity index (χ2v) is 8.06. The third-order valence-corrected chi connectivity index (χ3v) is 6.03. The third kappa shape index (κ3) is 4.72. The molecule has 3 aromatic rings. The van der Waals surface area contributed by atoms with Gasteiger partial charge >= 0.3 is 0 Å². The first-order valence-electron chi connectivity index (χ1n) is 10.3. The number of nitrogens with zero attached hydrogens (tertiary/aromatic N) is 3. The Bertz CT molecular complexity index is 985. The van der Waals surface area contributed by atoms with Crippen molar-refractivity contribution in [1.82, 2.24) is 14.3 Å². The van der Waals surface area contributed by atoms with Gasteiger partial charge in [0.2, 0.25) is 4.77 Å². The number of piperazine rings is 1. The molecule has 0 saturated carbocycles. The fraction of sp³-hybridized carbons (Fsp3) is 0.304. The highest BCUT2D eigenvalue weighted by Gasteiger charge is 2.24. The molecule has 1 aliphatic heterocycles. The lowest BCUT2D eigenvalue weighted by molar-refractivity contribution is -1.03. The van der Waals surface area contributed by atoms with E-state index in [9.17, 15) is 0 Å². The molecule has 2 N–H and O–H groups in total. The monoisotopic (exact) mass is 407 g/mol. The Morgan fingerprint density at radius 2 is 1.55 bits per heavy atom. The van der Waals surface area contributed by atoms with Gasteiger partial charge < -0.3 is 9.80 Å². The van der Waals surface area contributed by atoms with E-state index in [1.807, 2.05) is 29.0 Å². The van der Waals surface area contributed by atoms with Gasteiger partial charge in [-0.05, 0) is 12.2 Å². The van der Waals surface area contributed by atoms with Gasteiger partial charge in [-0.2, -0.15) is 4.68 Å². The first kappa shape index (κ1) is 19.8. The van der Waals surface area contributed by atoms with Crippen molar-refractivity contribution in [3.05, 3.63) is 83.7 Å². The molecule has 4 rings (SSSR count). The van der Waals surface area contributed by atoms with Crippen LogP contribution in [0.1, 0.15) is 5.56 Å². The summed E-state index contributed by atoms with van der Waals surface area (Å²) < 4.78 is 4.85. The molecule has 1 aliphatic rings. The molecule has 1 saturated heterocycles. The lowest BCUT2D eigenvalue weighted by Crippen LogP contribution is -3.27. The van der Waals surface area contributed by atoms with E-state index in [-0.39, 0.29) is 0 Å². The number of benzene rings is 2. The van der Waals surface area contributed by atoms with E-state index in [1.54, 1.807) is 9.80 Å². The smallest absolute Gasteiger partial charge is 0.203 e. The zero-order valence-electron chi connectivity index (χ0n) is 16.8. The van der Waals surface area contributed by atoms with Crippen LogP contribution in [0.4, 0.5) is 0 Å². The van der Waals surface area contributed by atoms with Gasteiger partial charge in [0, 0.05) is 17.7 Å². The molecule has 2 aromatic carbocycles. The maximum Gasteiger partial charge on any atom is 0.203 e. The Balaban J connectivity index is 1.44. The Hall–Kier alpha value is -2.54. The third-order valence-electron chi connectivity index (χ3n) is 5.60. The molecule has 0 spiro atoms. The van der Waals surface area contributed by atoms with Gasteiger partial charge in [0.25, 0.3) is 0 Å². The fourth-order valence-electron chi connectivity index (χ4n) is 4.03. The summed E-state index contributed by atoms with van der Waals surface area (Å²) in [5, 5.41) is 4.88. The molecule has 29 heavy (non-hydrogen) atoms. The summed E-state index contributed by atoms with van der Waals surface area (Å²) in [4.78, 5) is 3.20. The Labute approximate surface area is 177 Å². The van der Waals surface area contributed by atoms with Crippen LogP contribution >= 0.6 is 12.2 Å².